The molecule has 34 heavy (non-hydrogen) atoms. The van der Waals surface area contributed by atoms with Crippen LogP contribution in [0.1, 0.15) is 0 Å². The van der Waals surface area contributed by atoms with E-state index >= 15 is 0 Å². The highest BCUT2D eigenvalue weighted by Crippen LogP contribution is 2.27. The third kappa shape index (κ3) is 5.36. The van der Waals surface area contributed by atoms with E-state index in [9.17, 15) is 9.90 Å². The van der Waals surface area contributed by atoms with Crippen LogP contribution in [0.4, 0.5) is 17.1 Å². The highest BCUT2D eigenvalue weighted by Gasteiger charge is 2.37. The molecule has 0 bridgehead atoms. The van der Waals surface area contributed by atoms with Gasteiger partial charge in [-0.1, -0.05) is 30.3 Å². The number of nitrogens with one attached hydrogen (secondary N) is 1. The minimum absolute atomic E-state index is 0.0394. The Morgan fingerprint density at radius 3 is 2.35 bits per heavy atom. The van der Waals surface area contributed by atoms with Crippen LogP contribution in [-0.4, -0.2) is 105 Å². The lowest BCUT2D eigenvalue weighted by Crippen LogP contribution is -2.53. The van der Waals surface area contributed by atoms with Crippen molar-refractivity contribution in [3.63, 3.8) is 0 Å². The van der Waals surface area contributed by atoms with Crippen LogP contribution in [0.2, 0.25) is 0 Å². The summed E-state index contributed by atoms with van der Waals surface area (Å²) >= 11 is 0. The standard InChI is InChI=1S/C26H35N5O3/c32-25-19-28(18-24(25)30-12-10-29(11-13-30)21-6-2-1-3-7-21)20-26(33)27-22-8-4-5-9-23(22)31-14-16-34-17-15-31/h1-9,24-25,32H,10-20H2,(H,27,33)/t24-,25-/m0/s1. The van der Waals surface area contributed by atoms with Gasteiger partial charge >= 0.3 is 0 Å². The van der Waals surface area contributed by atoms with Crippen molar-refractivity contribution >= 4 is 23.0 Å². The first-order valence-corrected chi connectivity index (χ1v) is 12.3. The number of β-amino-alcohol motifs (C(OH)–C–C–N with tert-alkyl or cyclic N) is 1. The van der Waals surface area contributed by atoms with Crippen LogP contribution in [0.3, 0.4) is 0 Å². The first kappa shape index (κ1) is 23.1. The van der Waals surface area contributed by atoms with Gasteiger partial charge in [0.25, 0.3) is 0 Å². The van der Waals surface area contributed by atoms with Gasteiger partial charge in [0.15, 0.2) is 0 Å². The smallest absolute Gasteiger partial charge is 0.238 e. The van der Waals surface area contributed by atoms with Crippen molar-refractivity contribution < 1.29 is 14.6 Å². The number of nitrogens with zero attached hydrogens (tertiary/aromatic N) is 4. The molecular formula is C26H35N5O3. The van der Waals surface area contributed by atoms with Crippen LogP contribution < -0.4 is 15.1 Å². The van der Waals surface area contributed by atoms with Gasteiger partial charge in [0.1, 0.15) is 0 Å². The van der Waals surface area contributed by atoms with Gasteiger partial charge in [-0.05, 0) is 24.3 Å². The molecule has 0 spiro atoms. The van der Waals surface area contributed by atoms with Gasteiger partial charge in [0, 0.05) is 64.1 Å². The molecule has 2 aromatic carbocycles. The van der Waals surface area contributed by atoms with E-state index in [2.05, 4.69) is 49.2 Å². The molecule has 8 nitrogen and oxygen atoms in total. The number of hydrogen-bond acceptors (Lipinski definition) is 7. The SMILES string of the molecule is O=C(CN1C[C@H](O)[C@@H](N2CCN(c3ccccc3)CC2)C1)Nc1ccccc1N1CCOCC1. The summed E-state index contributed by atoms with van der Waals surface area (Å²) < 4.78 is 5.46. The van der Waals surface area contributed by atoms with Gasteiger partial charge in [-0.3, -0.25) is 14.6 Å². The lowest BCUT2D eigenvalue weighted by molar-refractivity contribution is -0.117. The summed E-state index contributed by atoms with van der Waals surface area (Å²) in [5.41, 5.74) is 3.13. The maximum atomic E-state index is 12.9. The van der Waals surface area contributed by atoms with Crippen molar-refractivity contribution in [2.24, 2.45) is 0 Å². The number of carbonyl (C=O) groups is 1. The molecule has 0 unspecified atom stereocenters. The largest absolute Gasteiger partial charge is 0.390 e. The molecule has 5 rings (SSSR count). The number of aliphatic hydroxyl groups is 1. The molecule has 182 valence electrons. The zero-order valence-corrected chi connectivity index (χ0v) is 19.7. The van der Waals surface area contributed by atoms with Crippen LogP contribution in [0, 0.1) is 0 Å². The number of morpholine rings is 1. The van der Waals surface area contributed by atoms with Crippen LogP contribution in [0.15, 0.2) is 54.6 Å². The summed E-state index contributed by atoms with van der Waals surface area (Å²) in [4.78, 5) is 22.0. The van der Waals surface area contributed by atoms with E-state index in [0.29, 0.717) is 26.3 Å². The summed E-state index contributed by atoms with van der Waals surface area (Å²) in [5, 5.41) is 13.9. The van der Waals surface area contributed by atoms with E-state index in [1.807, 2.05) is 30.3 Å². The number of piperazine rings is 1. The van der Waals surface area contributed by atoms with Crippen molar-refractivity contribution in [2.75, 3.05) is 87.2 Å². The molecule has 3 saturated heterocycles. The molecule has 2 aromatic rings. The fourth-order valence-corrected chi connectivity index (χ4v) is 5.34. The van der Waals surface area contributed by atoms with E-state index in [0.717, 1.165) is 50.6 Å². The number of anilines is 3. The second kappa shape index (κ2) is 10.7. The Labute approximate surface area is 201 Å². The summed E-state index contributed by atoms with van der Waals surface area (Å²) in [7, 11) is 0. The molecule has 3 heterocycles. The Hall–Kier alpha value is -2.65. The summed E-state index contributed by atoms with van der Waals surface area (Å²) in [6, 6.07) is 18.5. The van der Waals surface area contributed by atoms with Gasteiger partial charge in [0.05, 0.1) is 37.2 Å². The highest BCUT2D eigenvalue weighted by atomic mass is 16.5. The average molecular weight is 466 g/mol. The van der Waals surface area contributed by atoms with Crippen molar-refractivity contribution in [3.05, 3.63) is 54.6 Å². The molecule has 2 N–H and O–H groups in total. The maximum Gasteiger partial charge on any atom is 0.238 e. The van der Waals surface area contributed by atoms with E-state index in [-0.39, 0.29) is 18.5 Å². The Morgan fingerprint density at radius 1 is 0.882 bits per heavy atom. The number of benzene rings is 2. The number of ether oxygens (including phenoxy) is 1. The van der Waals surface area contributed by atoms with E-state index < -0.39 is 6.10 Å². The lowest BCUT2D eigenvalue weighted by Gasteiger charge is -2.39. The second-order valence-corrected chi connectivity index (χ2v) is 9.35. The number of rotatable bonds is 6. The van der Waals surface area contributed by atoms with Gasteiger partial charge in [-0.2, -0.15) is 0 Å². The van der Waals surface area contributed by atoms with Crippen LogP contribution in [0.25, 0.3) is 0 Å². The molecule has 2 atom stereocenters. The molecule has 0 aromatic heterocycles. The molecule has 3 fully saturated rings. The minimum Gasteiger partial charge on any atom is -0.390 e. The van der Waals surface area contributed by atoms with Crippen LogP contribution in [0.5, 0.6) is 0 Å². The number of hydrogen-bond donors (Lipinski definition) is 2. The van der Waals surface area contributed by atoms with Gasteiger partial charge in [-0.25, -0.2) is 0 Å². The van der Waals surface area contributed by atoms with Crippen molar-refractivity contribution in [1.82, 2.24) is 9.80 Å². The predicted octanol–water partition coefficient (Wildman–Crippen LogP) is 1.33. The average Bonchev–Trinajstić information content (AvgIpc) is 3.25. The Balaban J connectivity index is 1.13. The first-order chi connectivity index (χ1) is 16.7. The number of aliphatic hydroxyl groups excluding tert-OH is 1. The molecule has 0 saturated carbocycles. The van der Waals surface area contributed by atoms with Crippen LogP contribution >= 0.6 is 0 Å². The zero-order valence-electron chi connectivity index (χ0n) is 19.7. The van der Waals surface area contributed by atoms with Gasteiger partial charge in [0.2, 0.25) is 5.91 Å². The molecule has 3 aliphatic heterocycles. The monoisotopic (exact) mass is 465 g/mol. The lowest BCUT2D eigenvalue weighted by atomic mass is 10.1. The summed E-state index contributed by atoms with van der Waals surface area (Å²) in [5.74, 6) is -0.0394. The van der Waals surface area contributed by atoms with Crippen molar-refractivity contribution in [3.8, 4) is 0 Å². The van der Waals surface area contributed by atoms with Crippen molar-refractivity contribution in [2.45, 2.75) is 12.1 Å². The topological polar surface area (TPSA) is 71.5 Å². The van der Waals surface area contributed by atoms with Crippen molar-refractivity contribution in [1.29, 1.82) is 0 Å². The quantitative estimate of drug-likeness (QED) is 0.667. The fourth-order valence-electron chi connectivity index (χ4n) is 5.34. The molecular weight excluding hydrogens is 430 g/mol. The van der Waals surface area contributed by atoms with E-state index in [1.54, 1.807) is 0 Å². The molecule has 3 aliphatic rings. The Bertz CT molecular complexity index is 944. The normalized spacial score (nSPS) is 24.4. The predicted molar refractivity (Wildman–Crippen MR) is 135 cm³/mol. The number of likely N-dealkylation sites (tertiary alicyclic amines) is 1. The third-order valence-corrected chi connectivity index (χ3v) is 7.14. The van der Waals surface area contributed by atoms with Crippen LogP contribution in [-0.2, 0) is 9.53 Å². The first-order valence-electron chi connectivity index (χ1n) is 12.3. The Kier molecular flexibility index (Phi) is 7.30. The van der Waals surface area contributed by atoms with Gasteiger partial charge in [-0.15, -0.1) is 0 Å². The Morgan fingerprint density at radius 2 is 1.59 bits per heavy atom. The molecule has 0 aliphatic carbocycles. The zero-order chi connectivity index (χ0) is 23.3. The number of amides is 1. The number of carbonyl (C=O) groups excluding carboxylic acids is 1. The fraction of sp³-hybridized carbons (Fsp3) is 0.500. The van der Waals surface area contributed by atoms with Gasteiger partial charge < -0.3 is 25.0 Å². The third-order valence-electron chi connectivity index (χ3n) is 7.14. The molecule has 0 radical (unpaired) electrons. The van der Waals surface area contributed by atoms with E-state index in [1.165, 1.54) is 5.69 Å². The minimum atomic E-state index is -0.434. The molecule has 1 amide bonds. The summed E-state index contributed by atoms with van der Waals surface area (Å²) in [6.45, 7) is 8.33. The summed E-state index contributed by atoms with van der Waals surface area (Å²) in [6.07, 6.45) is -0.434. The molecule has 8 heteroatoms. The van der Waals surface area contributed by atoms with E-state index in [4.69, 9.17) is 4.74 Å². The highest BCUT2D eigenvalue weighted by molar-refractivity contribution is 5.95. The number of para-hydroxylation sites is 3. The maximum absolute atomic E-state index is 12.9. The second-order valence-electron chi connectivity index (χ2n) is 9.35.